The van der Waals surface area contributed by atoms with Crippen molar-refractivity contribution in [2.75, 3.05) is 24.7 Å². The standard InChI is InChI=1S/C12H25NOS/c1-5-14-10(2)7-13-11-6-12(3,4)9-15-8-11/h10-11,13H,5-9H2,1-4H3. The fourth-order valence-electron chi connectivity index (χ4n) is 2.07. The van der Waals surface area contributed by atoms with E-state index in [1.807, 2.05) is 0 Å². The molecule has 2 unspecified atom stereocenters. The van der Waals surface area contributed by atoms with Gasteiger partial charge in [0.1, 0.15) is 0 Å². The van der Waals surface area contributed by atoms with Crippen molar-refractivity contribution in [2.24, 2.45) is 5.41 Å². The van der Waals surface area contributed by atoms with Crippen LogP contribution in [-0.2, 0) is 4.74 Å². The third-order valence-corrected chi connectivity index (χ3v) is 4.38. The molecular formula is C12H25NOS. The van der Waals surface area contributed by atoms with Gasteiger partial charge in [-0.1, -0.05) is 13.8 Å². The van der Waals surface area contributed by atoms with E-state index in [0.717, 1.165) is 13.2 Å². The first-order valence-electron chi connectivity index (χ1n) is 5.96. The molecule has 1 N–H and O–H groups in total. The Hall–Kier alpha value is 0.270. The summed E-state index contributed by atoms with van der Waals surface area (Å²) in [7, 11) is 0. The highest BCUT2D eigenvalue weighted by Gasteiger charge is 2.28. The van der Waals surface area contributed by atoms with Gasteiger partial charge < -0.3 is 10.1 Å². The molecule has 0 aliphatic carbocycles. The fourth-order valence-corrected chi connectivity index (χ4v) is 3.38. The second kappa shape index (κ2) is 6.12. The van der Waals surface area contributed by atoms with Crippen LogP contribution in [0.1, 0.15) is 34.1 Å². The summed E-state index contributed by atoms with van der Waals surface area (Å²) in [4.78, 5) is 0. The lowest BCUT2D eigenvalue weighted by Gasteiger charge is -2.35. The molecule has 1 saturated heterocycles. The lowest BCUT2D eigenvalue weighted by molar-refractivity contribution is 0.0731. The van der Waals surface area contributed by atoms with Gasteiger partial charge in [0.05, 0.1) is 6.10 Å². The zero-order chi connectivity index (χ0) is 11.3. The van der Waals surface area contributed by atoms with Crippen molar-refractivity contribution in [3.05, 3.63) is 0 Å². The van der Waals surface area contributed by atoms with Crippen LogP contribution in [-0.4, -0.2) is 36.8 Å². The maximum atomic E-state index is 5.52. The Morgan fingerprint density at radius 1 is 1.53 bits per heavy atom. The van der Waals surface area contributed by atoms with Crippen molar-refractivity contribution < 1.29 is 4.74 Å². The van der Waals surface area contributed by atoms with Gasteiger partial charge in [0.2, 0.25) is 0 Å². The van der Waals surface area contributed by atoms with E-state index in [0.29, 0.717) is 17.6 Å². The van der Waals surface area contributed by atoms with Gasteiger partial charge in [0, 0.05) is 24.9 Å². The maximum absolute atomic E-state index is 5.52. The molecule has 0 saturated carbocycles. The van der Waals surface area contributed by atoms with E-state index in [4.69, 9.17) is 4.74 Å². The fraction of sp³-hybridized carbons (Fsp3) is 1.00. The largest absolute Gasteiger partial charge is 0.377 e. The Morgan fingerprint density at radius 3 is 2.87 bits per heavy atom. The molecule has 1 aliphatic rings. The van der Waals surface area contributed by atoms with Crippen molar-refractivity contribution in [3.8, 4) is 0 Å². The monoisotopic (exact) mass is 231 g/mol. The zero-order valence-electron chi connectivity index (χ0n) is 10.5. The summed E-state index contributed by atoms with van der Waals surface area (Å²) in [6, 6.07) is 0.668. The average molecular weight is 231 g/mol. The number of hydrogen-bond donors (Lipinski definition) is 1. The van der Waals surface area contributed by atoms with E-state index in [9.17, 15) is 0 Å². The highest BCUT2D eigenvalue weighted by Crippen LogP contribution is 2.33. The third-order valence-electron chi connectivity index (χ3n) is 2.76. The molecule has 90 valence electrons. The van der Waals surface area contributed by atoms with Crippen LogP contribution < -0.4 is 5.32 Å². The normalized spacial score (nSPS) is 27.6. The van der Waals surface area contributed by atoms with Crippen LogP contribution in [0.25, 0.3) is 0 Å². The molecule has 1 fully saturated rings. The predicted molar refractivity (Wildman–Crippen MR) is 68.6 cm³/mol. The van der Waals surface area contributed by atoms with Gasteiger partial charge in [-0.25, -0.2) is 0 Å². The Morgan fingerprint density at radius 2 is 2.27 bits per heavy atom. The molecule has 3 heteroatoms. The lowest BCUT2D eigenvalue weighted by atomic mass is 9.88. The molecule has 2 atom stereocenters. The van der Waals surface area contributed by atoms with Crippen LogP contribution in [0.3, 0.4) is 0 Å². The molecule has 2 nitrogen and oxygen atoms in total. The number of nitrogens with one attached hydrogen (secondary N) is 1. The predicted octanol–water partition coefficient (Wildman–Crippen LogP) is 2.53. The highest BCUT2D eigenvalue weighted by atomic mass is 32.2. The van der Waals surface area contributed by atoms with Gasteiger partial charge in [0.15, 0.2) is 0 Å². The first-order valence-corrected chi connectivity index (χ1v) is 7.11. The van der Waals surface area contributed by atoms with E-state index < -0.39 is 0 Å². The molecule has 0 spiro atoms. The average Bonchev–Trinajstić information content (AvgIpc) is 2.14. The van der Waals surface area contributed by atoms with Gasteiger partial charge >= 0.3 is 0 Å². The van der Waals surface area contributed by atoms with Gasteiger partial charge in [-0.15, -0.1) is 0 Å². The van der Waals surface area contributed by atoms with E-state index in [1.54, 1.807) is 0 Å². The van der Waals surface area contributed by atoms with Gasteiger partial charge in [-0.3, -0.25) is 0 Å². The smallest absolute Gasteiger partial charge is 0.0671 e. The molecule has 0 aromatic heterocycles. The maximum Gasteiger partial charge on any atom is 0.0671 e. The van der Waals surface area contributed by atoms with E-state index in [2.05, 4.69) is 44.8 Å². The van der Waals surface area contributed by atoms with Crippen LogP contribution in [0.4, 0.5) is 0 Å². The van der Waals surface area contributed by atoms with Crippen LogP contribution in [0, 0.1) is 5.41 Å². The second-order valence-electron chi connectivity index (χ2n) is 5.25. The quantitative estimate of drug-likeness (QED) is 0.785. The first-order chi connectivity index (χ1) is 7.03. The molecule has 15 heavy (non-hydrogen) atoms. The summed E-state index contributed by atoms with van der Waals surface area (Å²) in [5.74, 6) is 2.55. The van der Waals surface area contributed by atoms with Crippen molar-refractivity contribution in [2.45, 2.75) is 46.3 Å². The molecule has 1 rings (SSSR count). The summed E-state index contributed by atoms with van der Waals surface area (Å²) in [6.45, 7) is 10.7. The van der Waals surface area contributed by atoms with Crippen molar-refractivity contribution >= 4 is 11.8 Å². The summed E-state index contributed by atoms with van der Waals surface area (Å²) >= 11 is 2.07. The Bertz CT molecular complexity index is 184. The molecule has 0 bridgehead atoms. The molecule has 0 radical (unpaired) electrons. The molecule has 0 aromatic rings. The topological polar surface area (TPSA) is 21.3 Å². The van der Waals surface area contributed by atoms with Crippen molar-refractivity contribution in [1.82, 2.24) is 5.32 Å². The lowest BCUT2D eigenvalue weighted by Crippen LogP contribution is -2.43. The van der Waals surface area contributed by atoms with Gasteiger partial charge in [0.25, 0.3) is 0 Å². The summed E-state index contributed by atoms with van der Waals surface area (Å²) in [5, 5.41) is 3.62. The molecule has 0 amide bonds. The van der Waals surface area contributed by atoms with Crippen LogP contribution >= 0.6 is 11.8 Å². The highest BCUT2D eigenvalue weighted by molar-refractivity contribution is 7.99. The van der Waals surface area contributed by atoms with Gasteiger partial charge in [-0.05, 0) is 31.4 Å². The number of thioether (sulfide) groups is 1. The van der Waals surface area contributed by atoms with E-state index in [-0.39, 0.29) is 0 Å². The first kappa shape index (κ1) is 13.3. The van der Waals surface area contributed by atoms with Crippen LogP contribution in [0.2, 0.25) is 0 Å². The summed E-state index contributed by atoms with van der Waals surface area (Å²) < 4.78 is 5.52. The van der Waals surface area contributed by atoms with E-state index in [1.165, 1.54) is 17.9 Å². The van der Waals surface area contributed by atoms with Crippen LogP contribution in [0.5, 0.6) is 0 Å². The minimum absolute atomic E-state index is 0.338. The number of ether oxygens (including phenoxy) is 1. The zero-order valence-corrected chi connectivity index (χ0v) is 11.3. The molecular weight excluding hydrogens is 206 g/mol. The third kappa shape index (κ3) is 5.23. The minimum Gasteiger partial charge on any atom is -0.377 e. The molecule has 0 aromatic carbocycles. The van der Waals surface area contributed by atoms with Crippen molar-refractivity contribution in [1.29, 1.82) is 0 Å². The number of hydrogen-bond acceptors (Lipinski definition) is 3. The summed E-state index contributed by atoms with van der Waals surface area (Å²) in [5.41, 5.74) is 0.495. The Balaban J connectivity index is 2.21. The Labute approximate surface area is 98.5 Å². The second-order valence-corrected chi connectivity index (χ2v) is 6.28. The number of rotatable bonds is 5. The molecule has 1 aliphatic heterocycles. The minimum atomic E-state index is 0.338. The SMILES string of the molecule is CCOC(C)CNC1CSCC(C)(C)C1. The Kier molecular flexibility index (Phi) is 5.44. The molecule has 1 heterocycles. The van der Waals surface area contributed by atoms with Crippen molar-refractivity contribution in [3.63, 3.8) is 0 Å². The summed E-state index contributed by atoms with van der Waals surface area (Å²) in [6.07, 6.45) is 1.63. The van der Waals surface area contributed by atoms with E-state index >= 15 is 0 Å². The van der Waals surface area contributed by atoms with Crippen LogP contribution in [0.15, 0.2) is 0 Å². The van der Waals surface area contributed by atoms with Gasteiger partial charge in [-0.2, -0.15) is 11.8 Å².